The molecule has 0 aliphatic carbocycles. The van der Waals surface area contributed by atoms with Crippen LogP contribution in [0.5, 0.6) is 5.75 Å². The van der Waals surface area contributed by atoms with Crippen LogP contribution in [0.2, 0.25) is 0 Å². The fourth-order valence-corrected chi connectivity index (χ4v) is 3.20. The molecule has 0 aliphatic heterocycles. The molecule has 1 heterocycles. The summed E-state index contributed by atoms with van der Waals surface area (Å²) in [5.74, 6) is 1.92. The van der Waals surface area contributed by atoms with Crippen molar-refractivity contribution in [2.24, 2.45) is 4.99 Å². The van der Waals surface area contributed by atoms with E-state index in [1.54, 1.807) is 11.7 Å². The summed E-state index contributed by atoms with van der Waals surface area (Å²) >= 11 is 0. The molecule has 0 atom stereocenters. The number of guanidine groups is 1. The number of para-hydroxylation sites is 1. The van der Waals surface area contributed by atoms with Crippen LogP contribution >= 0.6 is 24.0 Å². The summed E-state index contributed by atoms with van der Waals surface area (Å²) in [6, 6.07) is 19.7. The molecule has 1 aromatic heterocycles. The van der Waals surface area contributed by atoms with Crippen molar-refractivity contribution in [2.45, 2.75) is 19.8 Å². The Labute approximate surface area is 211 Å². The fraction of sp³-hybridized carbons (Fsp3) is 0.292. The molecule has 0 fully saturated rings. The van der Waals surface area contributed by atoms with Crippen LogP contribution in [-0.4, -0.2) is 42.5 Å². The van der Waals surface area contributed by atoms with Crippen LogP contribution in [0.1, 0.15) is 23.2 Å². The minimum absolute atomic E-state index is 0. The van der Waals surface area contributed by atoms with Crippen LogP contribution in [0.25, 0.3) is 5.69 Å². The molecule has 0 radical (unpaired) electrons. The lowest BCUT2D eigenvalue weighted by atomic mass is 10.1. The van der Waals surface area contributed by atoms with Crippen molar-refractivity contribution in [3.63, 3.8) is 0 Å². The number of hydrogen-bond acceptors (Lipinski definition) is 5. The Bertz CT molecular complexity index is 1070. The first-order valence-corrected chi connectivity index (χ1v) is 10.6. The number of ether oxygens (including phenoxy) is 1. The summed E-state index contributed by atoms with van der Waals surface area (Å²) in [4.78, 5) is 4.23. The lowest BCUT2D eigenvalue weighted by Crippen LogP contribution is -2.39. The maximum absolute atomic E-state index is 9.52. The van der Waals surface area contributed by atoms with Gasteiger partial charge in [0, 0.05) is 13.6 Å². The molecule has 0 aliphatic rings. The lowest BCUT2D eigenvalue weighted by Gasteiger charge is -2.12. The van der Waals surface area contributed by atoms with E-state index in [-0.39, 0.29) is 24.0 Å². The third-order valence-corrected chi connectivity index (χ3v) is 4.90. The van der Waals surface area contributed by atoms with E-state index < -0.39 is 0 Å². The zero-order chi connectivity index (χ0) is 22.8. The smallest absolute Gasteiger partial charge is 0.191 e. The van der Waals surface area contributed by atoms with Crippen LogP contribution < -0.4 is 21.1 Å². The van der Waals surface area contributed by atoms with Gasteiger partial charge in [0.1, 0.15) is 29.8 Å². The molecule has 2 aromatic carbocycles. The second kappa shape index (κ2) is 13.3. The first-order chi connectivity index (χ1) is 15.6. The molecule has 0 bridgehead atoms. The van der Waals surface area contributed by atoms with Crippen molar-refractivity contribution in [3.05, 3.63) is 71.4 Å². The van der Waals surface area contributed by atoms with Crippen LogP contribution in [0.4, 0.5) is 5.82 Å². The predicted octanol–water partition coefficient (Wildman–Crippen LogP) is 3.43. The zero-order valence-corrected chi connectivity index (χ0v) is 21.2. The molecular formula is C24H30IN7O. The molecule has 33 heavy (non-hydrogen) atoms. The Kier molecular flexibility index (Phi) is 10.5. The average Bonchev–Trinajstić information content (AvgIpc) is 3.14. The Morgan fingerprint density at radius 1 is 1.12 bits per heavy atom. The van der Waals surface area contributed by atoms with Gasteiger partial charge in [-0.1, -0.05) is 35.9 Å². The molecule has 0 unspecified atom stereocenters. The third kappa shape index (κ3) is 7.39. The van der Waals surface area contributed by atoms with Gasteiger partial charge in [0.2, 0.25) is 0 Å². The number of aryl methyl sites for hydroxylation is 2. The van der Waals surface area contributed by atoms with E-state index in [2.05, 4.69) is 26.8 Å². The standard InChI is InChI=1S/C24H29N7O.HI/c1-18-10-12-20(13-11-18)32-16-15-29-24(27-2)28-14-6-9-22-21(17-25)23(26)31(30-22)19-7-4-3-5-8-19;/h3-5,7-8,10-13H,6,9,14-16,26H2,1-2H3,(H2,27,28,29);1H. The minimum Gasteiger partial charge on any atom is -0.492 e. The number of aliphatic imine (C=N–C) groups is 1. The van der Waals surface area contributed by atoms with Crippen molar-refractivity contribution in [3.8, 4) is 17.5 Å². The Hall–Kier alpha value is -3.26. The number of nitrogens with two attached hydrogens (primary N) is 1. The van der Waals surface area contributed by atoms with E-state index in [1.807, 2.05) is 61.5 Å². The summed E-state index contributed by atoms with van der Waals surface area (Å²) in [6.45, 7) is 3.89. The number of aromatic nitrogens is 2. The van der Waals surface area contributed by atoms with Gasteiger partial charge in [-0.25, -0.2) is 4.68 Å². The Morgan fingerprint density at radius 3 is 2.48 bits per heavy atom. The first-order valence-electron chi connectivity index (χ1n) is 10.6. The Balaban J connectivity index is 0.00000385. The van der Waals surface area contributed by atoms with E-state index in [9.17, 15) is 5.26 Å². The van der Waals surface area contributed by atoms with Gasteiger partial charge in [0.25, 0.3) is 0 Å². The van der Waals surface area contributed by atoms with E-state index in [0.29, 0.717) is 49.2 Å². The fourth-order valence-electron chi connectivity index (χ4n) is 3.20. The highest BCUT2D eigenvalue weighted by atomic mass is 127. The molecule has 0 saturated carbocycles. The van der Waals surface area contributed by atoms with Crippen molar-refractivity contribution < 1.29 is 4.74 Å². The molecule has 4 N–H and O–H groups in total. The highest BCUT2D eigenvalue weighted by molar-refractivity contribution is 14.0. The predicted molar refractivity (Wildman–Crippen MR) is 142 cm³/mol. The lowest BCUT2D eigenvalue weighted by molar-refractivity contribution is 0.322. The van der Waals surface area contributed by atoms with Gasteiger partial charge in [-0.15, -0.1) is 24.0 Å². The maximum atomic E-state index is 9.52. The second-order valence-electron chi connectivity index (χ2n) is 7.26. The summed E-state index contributed by atoms with van der Waals surface area (Å²) in [6.07, 6.45) is 1.41. The summed E-state index contributed by atoms with van der Waals surface area (Å²) < 4.78 is 7.34. The summed E-state index contributed by atoms with van der Waals surface area (Å²) in [5, 5.41) is 20.6. The number of nitrogen functional groups attached to an aromatic ring is 1. The van der Waals surface area contributed by atoms with Gasteiger partial charge in [0.15, 0.2) is 5.96 Å². The largest absolute Gasteiger partial charge is 0.492 e. The second-order valence-corrected chi connectivity index (χ2v) is 7.26. The monoisotopic (exact) mass is 559 g/mol. The summed E-state index contributed by atoms with van der Waals surface area (Å²) in [5.41, 5.74) is 9.33. The molecule has 0 spiro atoms. The van der Waals surface area contributed by atoms with Crippen LogP contribution in [0, 0.1) is 18.3 Å². The van der Waals surface area contributed by atoms with Crippen molar-refractivity contribution in [1.82, 2.24) is 20.4 Å². The minimum atomic E-state index is 0. The van der Waals surface area contributed by atoms with E-state index in [4.69, 9.17) is 10.5 Å². The molecule has 8 nitrogen and oxygen atoms in total. The number of nitrogens with one attached hydrogen (secondary N) is 2. The van der Waals surface area contributed by atoms with Gasteiger partial charge in [-0.05, 0) is 44.0 Å². The maximum Gasteiger partial charge on any atom is 0.191 e. The molecule has 0 saturated heterocycles. The van der Waals surface area contributed by atoms with Gasteiger partial charge in [0.05, 0.1) is 17.9 Å². The Morgan fingerprint density at radius 2 is 1.82 bits per heavy atom. The number of nitrogens with zero attached hydrogens (tertiary/aromatic N) is 4. The highest BCUT2D eigenvalue weighted by Gasteiger charge is 2.16. The number of halogens is 1. The van der Waals surface area contributed by atoms with Gasteiger partial charge < -0.3 is 21.1 Å². The SMILES string of the molecule is CN=C(NCCCc1nn(-c2ccccc2)c(N)c1C#N)NCCOc1ccc(C)cc1.I. The number of nitriles is 1. The van der Waals surface area contributed by atoms with Crippen molar-refractivity contribution >= 4 is 35.8 Å². The van der Waals surface area contributed by atoms with E-state index in [1.165, 1.54) is 5.56 Å². The molecule has 174 valence electrons. The van der Waals surface area contributed by atoms with Gasteiger partial charge in [-0.3, -0.25) is 4.99 Å². The number of anilines is 1. The molecule has 3 aromatic rings. The number of rotatable bonds is 9. The van der Waals surface area contributed by atoms with Crippen LogP contribution in [-0.2, 0) is 6.42 Å². The summed E-state index contributed by atoms with van der Waals surface area (Å²) in [7, 11) is 1.73. The van der Waals surface area contributed by atoms with Gasteiger partial charge >= 0.3 is 0 Å². The molecule has 3 rings (SSSR count). The number of benzene rings is 2. The van der Waals surface area contributed by atoms with E-state index in [0.717, 1.165) is 17.9 Å². The van der Waals surface area contributed by atoms with Gasteiger partial charge in [-0.2, -0.15) is 10.4 Å². The third-order valence-electron chi connectivity index (χ3n) is 4.90. The van der Waals surface area contributed by atoms with Crippen molar-refractivity contribution in [2.75, 3.05) is 32.5 Å². The van der Waals surface area contributed by atoms with Crippen LogP contribution in [0.15, 0.2) is 59.6 Å². The topological polar surface area (TPSA) is 113 Å². The first kappa shape index (κ1) is 26.0. The van der Waals surface area contributed by atoms with Crippen molar-refractivity contribution in [1.29, 1.82) is 5.26 Å². The average molecular weight is 559 g/mol. The zero-order valence-electron chi connectivity index (χ0n) is 18.9. The number of hydrogen-bond donors (Lipinski definition) is 3. The van der Waals surface area contributed by atoms with Crippen LogP contribution in [0.3, 0.4) is 0 Å². The molecule has 9 heteroatoms. The molecular weight excluding hydrogens is 529 g/mol. The molecule has 0 amide bonds. The normalized spacial score (nSPS) is 10.8. The van der Waals surface area contributed by atoms with E-state index >= 15 is 0 Å². The quantitative estimate of drug-likeness (QED) is 0.160. The highest BCUT2D eigenvalue weighted by Crippen LogP contribution is 2.21.